The number of methoxy groups -OCH3 is 1. The zero-order chi connectivity index (χ0) is 28.9. The zero-order valence-electron chi connectivity index (χ0n) is 24.9. The maximum absolute atomic E-state index is 13.6. The minimum absolute atomic E-state index is 0.0814. The van der Waals surface area contributed by atoms with Crippen LogP contribution in [0.3, 0.4) is 0 Å². The SMILES string of the molecule is CCC1CCC(C)C(O)(C(O)C(=O)N2CCCCC2C(=O)OC(C(C)C)C(C)CC2CCC(O)C(OC)C2)O1. The Morgan fingerprint density at radius 1 is 1.10 bits per heavy atom. The van der Waals surface area contributed by atoms with Gasteiger partial charge in [0.2, 0.25) is 5.79 Å². The lowest BCUT2D eigenvalue weighted by atomic mass is 9.78. The summed E-state index contributed by atoms with van der Waals surface area (Å²) in [5.74, 6) is -2.98. The van der Waals surface area contributed by atoms with E-state index in [2.05, 4.69) is 6.92 Å². The zero-order valence-corrected chi connectivity index (χ0v) is 24.9. The molecule has 3 fully saturated rings. The van der Waals surface area contributed by atoms with E-state index in [1.165, 1.54) is 4.90 Å². The van der Waals surface area contributed by atoms with Gasteiger partial charge in [0.1, 0.15) is 12.1 Å². The van der Waals surface area contributed by atoms with Gasteiger partial charge < -0.3 is 34.4 Å². The Morgan fingerprint density at radius 2 is 1.82 bits per heavy atom. The van der Waals surface area contributed by atoms with Gasteiger partial charge in [0, 0.05) is 19.6 Å². The third kappa shape index (κ3) is 7.53. The number of carbonyl (C=O) groups excluding carboxylic acids is 2. The van der Waals surface area contributed by atoms with E-state index in [0.29, 0.717) is 44.6 Å². The molecule has 3 rings (SSSR count). The van der Waals surface area contributed by atoms with Gasteiger partial charge in [0.15, 0.2) is 6.10 Å². The molecule has 39 heavy (non-hydrogen) atoms. The predicted molar refractivity (Wildman–Crippen MR) is 147 cm³/mol. The molecule has 9 heteroatoms. The Morgan fingerprint density at radius 3 is 2.46 bits per heavy atom. The highest BCUT2D eigenvalue weighted by molar-refractivity contribution is 5.88. The van der Waals surface area contributed by atoms with Crippen LogP contribution in [0, 0.1) is 23.7 Å². The maximum Gasteiger partial charge on any atom is 0.329 e. The van der Waals surface area contributed by atoms with E-state index < -0.39 is 41.8 Å². The number of hydrogen-bond donors (Lipinski definition) is 3. The Balaban J connectivity index is 1.68. The first-order valence-electron chi connectivity index (χ1n) is 15.2. The molecule has 0 aromatic rings. The van der Waals surface area contributed by atoms with Crippen molar-refractivity contribution >= 4 is 11.9 Å². The van der Waals surface area contributed by atoms with E-state index in [-0.39, 0.29) is 30.1 Å². The molecule has 3 N–H and O–H groups in total. The van der Waals surface area contributed by atoms with Gasteiger partial charge in [-0.05, 0) is 82.0 Å². The Bertz CT molecular complexity index is 808. The van der Waals surface area contributed by atoms with Gasteiger partial charge in [-0.1, -0.05) is 34.6 Å². The topological polar surface area (TPSA) is 126 Å². The van der Waals surface area contributed by atoms with Crippen molar-refractivity contribution < 1.29 is 39.1 Å². The fourth-order valence-corrected chi connectivity index (χ4v) is 6.93. The molecule has 0 spiro atoms. The molecule has 2 saturated heterocycles. The molecule has 1 amide bonds. The molecule has 0 radical (unpaired) electrons. The van der Waals surface area contributed by atoms with E-state index in [0.717, 1.165) is 32.1 Å². The molecule has 226 valence electrons. The first-order chi connectivity index (χ1) is 18.4. The van der Waals surface area contributed by atoms with Crippen LogP contribution in [0.5, 0.6) is 0 Å². The molecule has 9 nitrogen and oxygen atoms in total. The first-order valence-corrected chi connectivity index (χ1v) is 15.2. The van der Waals surface area contributed by atoms with Gasteiger partial charge in [-0.3, -0.25) is 4.79 Å². The monoisotopic (exact) mass is 555 g/mol. The highest BCUT2D eigenvalue weighted by atomic mass is 16.6. The summed E-state index contributed by atoms with van der Waals surface area (Å²) in [6, 6.07) is -0.804. The van der Waals surface area contributed by atoms with Crippen LogP contribution in [0.1, 0.15) is 98.8 Å². The lowest BCUT2D eigenvalue weighted by Gasteiger charge is -2.46. The molecule has 0 aromatic carbocycles. The van der Waals surface area contributed by atoms with Gasteiger partial charge >= 0.3 is 5.97 Å². The van der Waals surface area contributed by atoms with Crippen LogP contribution >= 0.6 is 0 Å². The minimum atomic E-state index is -1.98. The number of carbonyl (C=O) groups is 2. The lowest BCUT2D eigenvalue weighted by Crippen LogP contribution is -2.63. The second kappa shape index (κ2) is 14.1. The standard InChI is InChI=1S/C30H53NO8/c1-7-22-13-11-20(5)30(36,39-22)27(33)28(34)31-15-9-8-10-23(31)29(35)38-26(18(2)3)19(4)16-21-12-14-24(32)25(17-21)37-6/h18-27,32-33,36H,7-17H2,1-6H3. The average Bonchev–Trinajstić information content (AvgIpc) is 2.92. The fraction of sp³-hybridized carbons (Fsp3) is 0.933. The van der Waals surface area contributed by atoms with Crippen LogP contribution in [-0.2, 0) is 23.8 Å². The van der Waals surface area contributed by atoms with Crippen LogP contribution in [0.2, 0.25) is 0 Å². The number of esters is 1. The number of piperidine rings is 1. The van der Waals surface area contributed by atoms with Crippen molar-refractivity contribution in [2.24, 2.45) is 23.7 Å². The second-order valence-electron chi connectivity index (χ2n) is 12.7. The second-order valence-corrected chi connectivity index (χ2v) is 12.7. The largest absolute Gasteiger partial charge is 0.460 e. The van der Waals surface area contributed by atoms with Crippen molar-refractivity contribution in [1.29, 1.82) is 0 Å². The van der Waals surface area contributed by atoms with E-state index >= 15 is 0 Å². The average molecular weight is 556 g/mol. The number of amides is 1. The molecular formula is C30H53NO8. The molecule has 3 aliphatic rings. The van der Waals surface area contributed by atoms with Crippen LogP contribution in [0.4, 0.5) is 0 Å². The van der Waals surface area contributed by atoms with E-state index in [9.17, 15) is 24.9 Å². The lowest BCUT2D eigenvalue weighted by molar-refractivity contribution is -0.315. The molecule has 0 aromatic heterocycles. The van der Waals surface area contributed by atoms with Gasteiger partial charge in [-0.2, -0.15) is 0 Å². The molecule has 2 aliphatic heterocycles. The number of aliphatic hydroxyl groups excluding tert-OH is 2. The minimum Gasteiger partial charge on any atom is -0.460 e. The third-order valence-corrected chi connectivity index (χ3v) is 9.47. The summed E-state index contributed by atoms with van der Waals surface area (Å²) in [5, 5.41) is 32.5. The molecule has 10 unspecified atom stereocenters. The number of rotatable bonds is 10. The van der Waals surface area contributed by atoms with Gasteiger partial charge in [-0.25, -0.2) is 4.79 Å². The van der Waals surface area contributed by atoms with Crippen LogP contribution in [-0.4, -0.2) is 88.1 Å². The number of ether oxygens (including phenoxy) is 3. The van der Waals surface area contributed by atoms with Gasteiger partial charge in [-0.15, -0.1) is 0 Å². The third-order valence-electron chi connectivity index (χ3n) is 9.47. The highest BCUT2D eigenvalue weighted by Gasteiger charge is 2.52. The molecule has 1 aliphatic carbocycles. The molecule has 1 saturated carbocycles. The molecule has 0 bridgehead atoms. The normalized spacial score (nSPS) is 36.3. The van der Waals surface area contributed by atoms with Gasteiger partial charge in [0.05, 0.1) is 18.3 Å². The van der Waals surface area contributed by atoms with Crippen LogP contribution in [0.15, 0.2) is 0 Å². The number of likely N-dealkylation sites (tertiary alicyclic amines) is 1. The van der Waals surface area contributed by atoms with Gasteiger partial charge in [0.25, 0.3) is 5.91 Å². The van der Waals surface area contributed by atoms with Crippen molar-refractivity contribution in [3.05, 3.63) is 0 Å². The van der Waals surface area contributed by atoms with Crippen molar-refractivity contribution in [2.45, 2.75) is 141 Å². The Kier molecular flexibility index (Phi) is 11.6. The maximum atomic E-state index is 13.6. The van der Waals surface area contributed by atoms with Crippen molar-refractivity contribution in [1.82, 2.24) is 4.90 Å². The number of aliphatic hydroxyl groups is 3. The molecular weight excluding hydrogens is 502 g/mol. The van der Waals surface area contributed by atoms with E-state index in [1.807, 2.05) is 20.8 Å². The Hall–Kier alpha value is -1.26. The summed E-state index contributed by atoms with van der Waals surface area (Å²) in [4.78, 5) is 28.5. The van der Waals surface area contributed by atoms with E-state index in [1.54, 1.807) is 14.0 Å². The summed E-state index contributed by atoms with van der Waals surface area (Å²) in [7, 11) is 1.63. The number of nitrogens with zero attached hydrogens (tertiary/aromatic N) is 1. The van der Waals surface area contributed by atoms with Crippen molar-refractivity contribution in [3.63, 3.8) is 0 Å². The summed E-state index contributed by atoms with van der Waals surface area (Å²) in [6.45, 7) is 10.2. The van der Waals surface area contributed by atoms with Crippen molar-refractivity contribution in [3.8, 4) is 0 Å². The van der Waals surface area contributed by atoms with Crippen LogP contribution in [0.25, 0.3) is 0 Å². The quantitative estimate of drug-likeness (QED) is 0.350. The number of hydrogen-bond acceptors (Lipinski definition) is 8. The predicted octanol–water partition coefficient (Wildman–Crippen LogP) is 3.41. The summed E-state index contributed by atoms with van der Waals surface area (Å²) in [6.07, 6.45) is 4.37. The molecule has 2 heterocycles. The fourth-order valence-electron chi connectivity index (χ4n) is 6.93. The highest BCUT2D eigenvalue weighted by Crippen LogP contribution is 2.38. The Labute approximate surface area is 234 Å². The van der Waals surface area contributed by atoms with Crippen LogP contribution < -0.4 is 0 Å². The first kappa shape index (κ1) is 32.3. The summed E-state index contributed by atoms with van der Waals surface area (Å²) in [5.41, 5.74) is 0. The smallest absolute Gasteiger partial charge is 0.329 e. The summed E-state index contributed by atoms with van der Waals surface area (Å²) < 4.78 is 17.4. The van der Waals surface area contributed by atoms with Crippen molar-refractivity contribution in [2.75, 3.05) is 13.7 Å². The molecule has 10 atom stereocenters. The summed E-state index contributed by atoms with van der Waals surface area (Å²) >= 11 is 0. The van der Waals surface area contributed by atoms with E-state index in [4.69, 9.17) is 14.2 Å².